The molecule has 7 nitrogen and oxygen atoms in total. The fourth-order valence-corrected chi connectivity index (χ4v) is 3.43. The van der Waals surface area contributed by atoms with Crippen LogP contribution in [0.3, 0.4) is 0 Å². The Bertz CT molecular complexity index is 1010. The normalized spacial score (nSPS) is 10.5. The predicted molar refractivity (Wildman–Crippen MR) is 137 cm³/mol. The van der Waals surface area contributed by atoms with Crippen LogP contribution < -0.4 is 25.6 Å². The Hall–Kier alpha value is -2.07. The molecular formula is C22H24BrCl2N3O4S. The maximum Gasteiger partial charge on any atom is 0.261 e. The maximum atomic E-state index is 12.6. The molecule has 0 spiro atoms. The van der Waals surface area contributed by atoms with E-state index in [1.807, 2.05) is 13.8 Å². The molecule has 178 valence electrons. The molecule has 0 radical (unpaired) electrons. The highest BCUT2D eigenvalue weighted by molar-refractivity contribution is 9.10. The number of hydrogen-bond acceptors (Lipinski definition) is 5. The molecule has 33 heavy (non-hydrogen) atoms. The van der Waals surface area contributed by atoms with E-state index in [2.05, 4.69) is 32.1 Å². The van der Waals surface area contributed by atoms with Crippen molar-refractivity contribution in [2.24, 2.45) is 5.92 Å². The van der Waals surface area contributed by atoms with Crippen LogP contribution in [0, 0.1) is 5.92 Å². The lowest BCUT2D eigenvalue weighted by atomic mass is 10.2. The molecule has 0 bridgehead atoms. The highest BCUT2D eigenvalue weighted by atomic mass is 79.9. The Balaban J connectivity index is 1.75. The maximum absolute atomic E-state index is 12.6. The Morgan fingerprint density at radius 2 is 1.79 bits per heavy atom. The van der Waals surface area contributed by atoms with Crippen LogP contribution in [-0.4, -0.2) is 30.1 Å². The van der Waals surface area contributed by atoms with Crippen molar-refractivity contribution < 1.29 is 19.1 Å². The van der Waals surface area contributed by atoms with Gasteiger partial charge in [-0.1, -0.05) is 53.0 Å². The molecular weight excluding hydrogens is 553 g/mol. The number of carbonyl (C=O) groups is 2. The Morgan fingerprint density at radius 1 is 1.06 bits per heavy atom. The molecule has 2 rings (SSSR count). The van der Waals surface area contributed by atoms with Gasteiger partial charge in [-0.3, -0.25) is 25.8 Å². The molecule has 2 aromatic rings. The summed E-state index contributed by atoms with van der Waals surface area (Å²) in [6.45, 7) is 4.78. The van der Waals surface area contributed by atoms with Crippen molar-refractivity contribution in [1.82, 2.24) is 16.2 Å². The van der Waals surface area contributed by atoms with Crippen molar-refractivity contribution in [1.29, 1.82) is 0 Å². The smallest absolute Gasteiger partial charge is 0.261 e. The molecule has 0 aliphatic heterocycles. The van der Waals surface area contributed by atoms with Crippen LogP contribution in [0.15, 0.2) is 40.9 Å². The van der Waals surface area contributed by atoms with Gasteiger partial charge in [0.1, 0.15) is 11.5 Å². The lowest BCUT2D eigenvalue weighted by Crippen LogP contribution is -2.48. The summed E-state index contributed by atoms with van der Waals surface area (Å²) in [4.78, 5) is 24.6. The minimum absolute atomic E-state index is 0.0488. The molecule has 0 saturated heterocycles. The summed E-state index contributed by atoms with van der Waals surface area (Å²) < 4.78 is 12.0. The van der Waals surface area contributed by atoms with Crippen molar-refractivity contribution in [3.8, 4) is 11.5 Å². The Kier molecular flexibility index (Phi) is 11.2. The van der Waals surface area contributed by atoms with Gasteiger partial charge in [0.05, 0.1) is 23.8 Å². The molecule has 2 aromatic carbocycles. The minimum Gasteiger partial charge on any atom is -0.492 e. The molecule has 11 heteroatoms. The van der Waals surface area contributed by atoms with Gasteiger partial charge < -0.3 is 9.47 Å². The summed E-state index contributed by atoms with van der Waals surface area (Å²) in [6, 6.07) is 10.0. The number of nitrogens with one attached hydrogen (secondary N) is 3. The summed E-state index contributed by atoms with van der Waals surface area (Å²) in [5, 5.41) is 3.39. The number of hydrogen-bond donors (Lipinski definition) is 3. The first kappa shape index (κ1) is 27.2. The van der Waals surface area contributed by atoms with E-state index in [9.17, 15) is 9.59 Å². The Labute approximate surface area is 216 Å². The highest BCUT2D eigenvalue weighted by Crippen LogP contribution is 2.27. The molecule has 0 unspecified atom stereocenters. The number of benzene rings is 2. The van der Waals surface area contributed by atoms with E-state index in [0.29, 0.717) is 46.1 Å². The third kappa shape index (κ3) is 9.75. The predicted octanol–water partition coefficient (Wildman–Crippen LogP) is 5.29. The van der Waals surface area contributed by atoms with E-state index in [1.165, 1.54) is 0 Å². The third-order valence-corrected chi connectivity index (χ3v) is 5.23. The largest absolute Gasteiger partial charge is 0.492 e. The van der Waals surface area contributed by atoms with Gasteiger partial charge in [-0.05, 0) is 61.0 Å². The molecule has 3 N–H and O–H groups in total. The van der Waals surface area contributed by atoms with Gasteiger partial charge >= 0.3 is 0 Å². The fraction of sp³-hybridized carbons (Fsp3) is 0.318. The van der Waals surface area contributed by atoms with Crippen LogP contribution in [-0.2, 0) is 4.79 Å². The second-order valence-corrected chi connectivity index (χ2v) is 9.50. The van der Waals surface area contributed by atoms with Crippen LogP contribution in [0.1, 0.15) is 37.0 Å². The summed E-state index contributed by atoms with van der Waals surface area (Å²) in [7, 11) is 0. The van der Waals surface area contributed by atoms with Crippen molar-refractivity contribution >= 4 is 68.3 Å². The zero-order chi connectivity index (χ0) is 24.4. The zero-order valence-electron chi connectivity index (χ0n) is 18.0. The lowest BCUT2D eigenvalue weighted by Gasteiger charge is -2.15. The van der Waals surface area contributed by atoms with Crippen LogP contribution in [0.2, 0.25) is 10.0 Å². The quantitative estimate of drug-likeness (QED) is 0.214. The van der Waals surface area contributed by atoms with Gasteiger partial charge in [-0.2, -0.15) is 0 Å². The highest BCUT2D eigenvalue weighted by Gasteiger charge is 2.15. The monoisotopic (exact) mass is 575 g/mol. The average molecular weight is 577 g/mol. The first-order chi connectivity index (χ1) is 15.7. The van der Waals surface area contributed by atoms with E-state index in [0.717, 1.165) is 4.47 Å². The number of thiocarbonyl (C=S) groups is 1. The van der Waals surface area contributed by atoms with Crippen molar-refractivity contribution in [3.63, 3.8) is 0 Å². The van der Waals surface area contributed by atoms with Gasteiger partial charge in [-0.25, -0.2) is 0 Å². The van der Waals surface area contributed by atoms with Crippen molar-refractivity contribution in [2.45, 2.75) is 26.7 Å². The van der Waals surface area contributed by atoms with Gasteiger partial charge in [0.2, 0.25) is 5.91 Å². The number of hydrazine groups is 1. The lowest BCUT2D eigenvalue weighted by molar-refractivity contribution is -0.121. The van der Waals surface area contributed by atoms with Gasteiger partial charge in [0.25, 0.3) is 5.91 Å². The number of carbonyl (C=O) groups excluding carboxylic acids is 2. The van der Waals surface area contributed by atoms with Gasteiger partial charge in [-0.15, -0.1) is 0 Å². The van der Waals surface area contributed by atoms with Gasteiger partial charge in [0.15, 0.2) is 5.11 Å². The van der Waals surface area contributed by atoms with Crippen LogP contribution >= 0.6 is 51.3 Å². The van der Waals surface area contributed by atoms with E-state index in [1.54, 1.807) is 36.4 Å². The standard InChI is InChI=1S/C22H24BrCl2N3O4S/c1-13(2)12-32-18-7-5-14(23)10-16(18)21(30)26-22(33)28-27-20(29)4-3-9-31-19-8-6-15(24)11-17(19)25/h5-8,10-11,13H,3-4,9,12H2,1-2H3,(H,27,29)(H2,26,28,30,33). The minimum atomic E-state index is -0.463. The van der Waals surface area contributed by atoms with E-state index >= 15 is 0 Å². The van der Waals surface area contributed by atoms with E-state index < -0.39 is 5.91 Å². The summed E-state index contributed by atoms with van der Waals surface area (Å²) in [6.07, 6.45) is 0.619. The third-order valence-electron chi connectivity index (χ3n) is 4.00. The summed E-state index contributed by atoms with van der Waals surface area (Å²) >= 11 is 20.3. The number of amides is 2. The van der Waals surface area contributed by atoms with Crippen LogP contribution in [0.5, 0.6) is 11.5 Å². The first-order valence-corrected chi connectivity index (χ1v) is 12.0. The topological polar surface area (TPSA) is 88.7 Å². The second-order valence-electron chi connectivity index (χ2n) is 7.33. The first-order valence-electron chi connectivity index (χ1n) is 10.1. The Morgan fingerprint density at radius 3 is 2.48 bits per heavy atom. The van der Waals surface area contributed by atoms with Gasteiger partial charge in [0, 0.05) is 15.9 Å². The van der Waals surface area contributed by atoms with E-state index in [4.69, 9.17) is 44.9 Å². The molecule has 0 atom stereocenters. The summed E-state index contributed by atoms with van der Waals surface area (Å²) in [5.41, 5.74) is 5.27. The molecule has 0 aliphatic carbocycles. The molecule has 2 amide bonds. The number of halogens is 3. The molecule has 0 saturated carbocycles. The SMILES string of the molecule is CC(C)COc1ccc(Br)cc1C(=O)NC(=S)NNC(=O)CCCOc1ccc(Cl)cc1Cl. The van der Waals surface area contributed by atoms with Crippen LogP contribution in [0.25, 0.3) is 0 Å². The molecule has 0 aromatic heterocycles. The average Bonchev–Trinajstić information content (AvgIpc) is 2.75. The van der Waals surface area contributed by atoms with Crippen molar-refractivity contribution in [2.75, 3.05) is 13.2 Å². The van der Waals surface area contributed by atoms with E-state index in [-0.39, 0.29) is 24.0 Å². The number of rotatable bonds is 9. The molecule has 0 aliphatic rings. The second kappa shape index (κ2) is 13.6. The zero-order valence-corrected chi connectivity index (χ0v) is 22.0. The van der Waals surface area contributed by atoms with Crippen molar-refractivity contribution in [3.05, 3.63) is 56.5 Å². The fourth-order valence-electron chi connectivity index (χ4n) is 2.46. The van der Waals surface area contributed by atoms with Crippen LogP contribution in [0.4, 0.5) is 0 Å². The molecule has 0 fully saturated rings. The summed E-state index contributed by atoms with van der Waals surface area (Å²) in [5.74, 6) is 0.455. The number of ether oxygens (including phenoxy) is 2. The molecule has 0 heterocycles.